The molecule has 1 unspecified atom stereocenters. The molecule has 4 saturated heterocycles. The molecule has 0 saturated carbocycles. The van der Waals surface area contributed by atoms with Crippen LogP contribution in [0.5, 0.6) is 0 Å². The van der Waals surface area contributed by atoms with Crippen molar-refractivity contribution in [2.75, 3.05) is 102 Å². The van der Waals surface area contributed by atoms with Crippen molar-refractivity contribution >= 4 is 17.9 Å². The van der Waals surface area contributed by atoms with Crippen molar-refractivity contribution in [2.24, 2.45) is 10.8 Å². The highest BCUT2D eigenvalue weighted by Gasteiger charge is 2.36. The summed E-state index contributed by atoms with van der Waals surface area (Å²) >= 11 is 0. The van der Waals surface area contributed by atoms with Crippen molar-refractivity contribution in [3.8, 4) is 0 Å². The SMILES string of the molecule is C=C(C)C(=O)OC.C=C(CO)C(=O)OC.C=CC(=O)OC.C=COC.CC1(C)CO1.CC1CO1.CCC1(COC)COC1.COCC1(C)COC1. The molecule has 14 nitrogen and oxygen atoms in total. The topological polar surface area (TPSA) is 170 Å². The smallest absolute Gasteiger partial charge is 0.335 e. The predicted octanol–water partition coefficient (Wildman–Crippen LogP) is 4.49. The number of aliphatic hydroxyl groups is 1. The van der Waals surface area contributed by atoms with E-state index < -0.39 is 11.9 Å². The van der Waals surface area contributed by atoms with Gasteiger partial charge in [0.2, 0.25) is 0 Å². The zero-order chi connectivity index (χ0) is 40.5. The summed E-state index contributed by atoms with van der Waals surface area (Å²) < 4.78 is 46.7. The highest BCUT2D eigenvalue weighted by atomic mass is 16.6. The monoisotopic (exact) mass is 736 g/mol. The fourth-order valence-corrected chi connectivity index (χ4v) is 2.68. The first-order chi connectivity index (χ1) is 23.8. The van der Waals surface area contributed by atoms with E-state index in [-0.39, 0.29) is 23.8 Å². The van der Waals surface area contributed by atoms with E-state index in [2.05, 4.69) is 79.9 Å². The van der Waals surface area contributed by atoms with Gasteiger partial charge in [-0.05, 0) is 34.1 Å². The van der Waals surface area contributed by atoms with E-state index >= 15 is 0 Å². The third-order valence-electron chi connectivity index (χ3n) is 6.37. The fraction of sp³-hybridized carbons (Fsp3) is 0.703. The summed E-state index contributed by atoms with van der Waals surface area (Å²) in [7, 11) is 8.91. The maximum absolute atomic E-state index is 10.3. The summed E-state index contributed by atoms with van der Waals surface area (Å²) in [5.74, 6) is -1.30. The lowest BCUT2D eigenvalue weighted by molar-refractivity contribution is -0.144. The van der Waals surface area contributed by atoms with Crippen LogP contribution in [0.25, 0.3) is 0 Å². The van der Waals surface area contributed by atoms with Crippen molar-refractivity contribution in [3.63, 3.8) is 0 Å². The molecular weight excluding hydrogens is 668 g/mol. The number of rotatable bonds is 10. The van der Waals surface area contributed by atoms with Gasteiger partial charge in [-0.3, -0.25) is 0 Å². The molecule has 0 spiro atoms. The van der Waals surface area contributed by atoms with Crippen LogP contribution in [0.3, 0.4) is 0 Å². The Hall–Kier alpha value is -3.11. The Morgan fingerprint density at radius 1 is 0.824 bits per heavy atom. The second kappa shape index (κ2) is 32.8. The molecule has 0 aromatic rings. The summed E-state index contributed by atoms with van der Waals surface area (Å²) in [6.07, 6.45) is 4.24. The van der Waals surface area contributed by atoms with E-state index in [4.69, 9.17) is 33.5 Å². The third-order valence-corrected chi connectivity index (χ3v) is 6.37. The maximum Gasteiger partial charge on any atom is 0.335 e. The molecule has 4 fully saturated rings. The molecule has 0 bridgehead atoms. The summed E-state index contributed by atoms with van der Waals surface area (Å²) in [6.45, 7) is 31.9. The first kappa shape index (κ1) is 54.7. The normalized spacial score (nSPS) is 17.6. The van der Waals surface area contributed by atoms with Crippen LogP contribution in [0.4, 0.5) is 0 Å². The molecule has 1 atom stereocenters. The molecule has 4 rings (SSSR count). The van der Waals surface area contributed by atoms with Crippen LogP contribution in [0.15, 0.2) is 49.8 Å². The number of hydrogen-bond donors (Lipinski definition) is 1. The van der Waals surface area contributed by atoms with Crippen molar-refractivity contribution in [3.05, 3.63) is 49.8 Å². The number of aliphatic hydroxyl groups excluding tert-OH is 1. The van der Waals surface area contributed by atoms with E-state index in [9.17, 15) is 14.4 Å². The lowest BCUT2D eigenvalue weighted by Crippen LogP contribution is -2.45. The fourth-order valence-electron chi connectivity index (χ4n) is 2.68. The summed E-state index contributed by atoms with van der Waals surface area (Å²) in [5, 5.41) is 8.24. The van der Waals surface area contributed by atoms with Gasteiger partial charge in [-0.2, -0.15) is 0 Å². The quantitative estimate of drug-likeness (QED) is 0.109. The number of hydrogen-bond acceptors (Lipinski definition) is 14. The number of epoxide rings is 2. The van der Waals surface area contributed by atoms with Gasteiger partial charge in [0.15, 0.2) is 0 Å². The summed E-state index contributed by atoms with van der Waals surface area (Å²) in [4.78, 5) is 30.3. The molecule has 0 aliphatic carbocycles. The molecular formula is C37H68O14. The lowest BCUT2D eigenvalue weighted by Gasteiger charge is -2.39. The van der Waals surface area contributed by atoms with Crippen molar-refractivity contribution in [1.29, 1.82) is 0 Å². The van der Waals surface area contributed by atoms with Gasteiger partial charge in [0.1, 0.15) is 0 Å². The third kappa shape index (κ3) is 36.5. The summed E-state index contributed by atoms with van der Waals surface area (Å²) in [5.41, 5.74) is 1.46. The Bertz CT molecular complexity index is 939. The van der Waals surface area contributed by atoms with Crippen molar-refractivity contribution in [2.45, 2.75) is 59.7 Å². The van der Waals surface area contributed by atoms with Crippen molar-refractivity contribution < 1.29 is 66.9 Å². The van der Waals surface area contributed by atoms with E-state index in [0.29, 0.717) is 22.5 Å². The van der Waals surface area contributed by atoms with Crippen LogP contribution < -0.4 is 0 Å². The highest BCUT2D eigenvalue weighted by molar-refractivity contribution is 5.87. The Morgan fingerprint density at radius 2 is 1.24 bits per heavy atom. The van der Waals surface area contributed by atoms with Gasteiger partial charge >= 0.3 is 17.9 Å². The van der Waals surface area contributed by atoms with Crippen LogP contribution in [0, 0.1) is 10.8 Å². The van der Waals surface area contributed by atoms with Crippen LogP contribution in [0.1, 0.15) is 48.0 Å². The number of esters is 3. The zero-order valence-corrected chi connectivity index (χ0v) is 33.4. The molecule has 0 radical (unpaired) electrons. The lowest BCUT2D eigenvalue weighted by atomic mass is 9.84. The minimum Gasteiger partial charge on any atom is -0.505 e. The molecule has 0 amide bonds. The van der Waals surface area contributed by atoms with Crippen molar-refractivity contribution in [1.82, 2.24) is 0 Å². The summed E-state index contributed by atoms with van der Waals surface area (Å²) in [6, 6.07) is 0. The maximum atomic E-state index is 10.3. The molecule has 0 aromatic carbocycles. The Balaban J connectivity index is -0.000000251. The molecule has 4 aliphatic rings. The Morgan fingerprint density at radius 3 is 1.29 bits per heavy atom. The second-order valence-electron chi connectivity index (χ2n) is 12.4. The van der Waals surface area contributed by atoms with Gasteiger partial charge in [-0.1, -0.05) is 40.2 Å². The van der Waals surface area contributed by atoms with Gasteiger partial charge < -0.3 is 52.5 Å². The largest absolute Gasteiger partial charge is 0.505 e. The van der Waals surface area contributed by atoms with Crippen LogP contribution >= 0.6 is 0 Å². The molecule has 300 valence electrons. The molecule has 1 N–H and O–H groups in total. The molecule has 0 aromatic heterocycles. The average molecular weight is 737 g/mol. The number of carbonyl (C=O) groups is 3. The van der Waals surface area contributed by atoms with E-state index in [1.54, 1.807) is 28.3 Å². The van der Waals surface area contributed by atoms with Crippen LogP contribution in [-0.4, -0.2) is 137 Å². The van der Waals surface area contributed by atoms with Crippen LogP contribution in [0.2, 0.25) is 0 Å². The number of methoxy groups -OCH3 is 6. The van der Waals surface area contributed by atoms with Gasteiger partial charge in [0, 0.05) is 36.7 Å². The number of carbonyl (C=O) groups excluding carboxylic acids is 3. The molecule has 4 heterocycles. The van der Waals surface area contributed by atoms with Gasteiger partial charge in [0.05, 0.1) is 111 Å². The van der Waals surface area contributed by atoms with E-state index in [1.165, 1.54) is 34.0 Å². The minimum absolute atomic E-state index is 0.0764. The zero-order valence-electron chi connectivity index (χ0n) is 33.4. The number of ether oxygens (including phenoxy) is 10. The van der Waals surface area contributed by atoms with E-state index in [0.717, 1.165) is 58.9 Å². The standard InChI is InChI=1S/C7H14O2.C6H12O2.C5H8O3.C5H8O2.C4H6O2.C4H8O.2C3H6O/c1-3-7(4-8-2)5-9-6-7;1-6(3-7-2)4-8-5-6;1-4(3-6)5(7)8-2;1-4(2)5(6)7-3;1-3-4(5)6-2;1-4(2)3-5-4;1-3-2-4-3;1-3-4-2/h3-6H2,1-2H3;3-5H2,1-2H3;6H,1,3H2,2H3;1H2,2-3H3;3H,1H2,2H3;3H2,1-2H3;3H,2H2,1H3;3H,1H2,2H3. The van der Waals surface area contributed by atoms with E-state index in [1.807, 2.05) is 0 Å². The van der Waals surface area contributed by atoms with Gasteiger partial charge in [0.25, 0.3) is 0 Å². The second-order valence-corrected chi connectivity index (χ2v) is 12.4. The van der Waals surface area contributed by atoms with Gasteiger partial charge in [-0.15, -0.1) is 0 Å². The highest BCUT2D eigenvalue weighted by Crippen LogP contribution is 2.31. The first-order valence-corrected chi connectivity index (χ1v) is 16.2. The molecule has 4 aliphatic heterocycles. The minimum atomic E-state index is -0.563. The van der Waals surface area contributed by atoms with Gasteiger partial charge in [-0.25, -0.2) is 14.4 Å². The predicted molar refractivity (Wildman–Crippen MR) is 196 cm³/mol. The first-order valence-electron chi connectivity index (χ1n) is 16.2. The molecule has 51 heavy (non-hydrogen) atoms. The van der Waals surface area contributed by atoms with Crippen LogP contribution in [-0.2, 0) is 61.8 Å². The Kier molecular flexibility index (Phi) is 35.1. The average Bonchev–Trinajstić information content (AvgIpc) is 4.04. The molecule has 14 heteroatoms. The Labute approximate surface area is 307 Å².